The van der Waals surface area contributed by atoms with Gasteiger partial charge in [0.1, 0.15) is 4.90 Å². The third-order valence-electron chi connectivity index (χ3n) is 2.64. The fraction of sp³-hybridized carbons (Fsp3) is 0.0714. The van der Waals surface area contributed by atoms with Crippen molar-refractivity contribution in [1.82, 2.24) is 0 Å². The smallest absolute Gasteiger partial charge is 0.240 e. The number of benzene rings is 2. The van der Waals surface area contributed by atoms with Crippen LogP contribution in [0.25, 0.3) is 0 Å². The van der Waals surface area contributed by atoms with Gasteiger partial charge in [-0.3, -0.25) is 4.99 Å². The lowest BCUT2D eigenvalue weighted by Crippen LogP contribution is -2.12. The predicted octanol–water partition coefficient (Wildman–Crippen LogP) is 3.05. The van der Waals surface area contributed by atoms with Crippen molar-refractivity contribution in [1.29, 1.82) is 0 Å². The van der Waals surface area contributed by atoms with Crippen molar-refractivity contribution in [2.24, 2.45) is 10.1 Å². The Morgan fingerprint density at radius 2 is 1.80 bits per heavy atom. The van der Waals surface area contributed by atoms with Gasteiger partial charge in [-0.15, -0.1) is 0 Å². The van der Waals surface area contributed by atoms with Crippen LogP contribution < -0.4 is 5.14 Å². The molecule has 6 heteroatoms. The summed E-state index contributed by atoms with van der Waals surface area (Å²) >= 11 is 5.79. The summed E-state index contributed by atoms with van der Waals surface area (Å²) in [6.07, 6.45) is 1.57. The molecule has 0 atom stereocenters. The molecule has 0 aromatic heterocycles. The molecule has 104 valence electrons. The monoisotopic (exact) mass is 308 g/mol. The topological polar surface area (TPSA) is 72.5 Å². The quantitative estimate of drug-likeness (QED) is 0.885. The molecule has 2 aromatic carbocycles. The largest absolute Gasteiger partial charge is 0.255 e. The molecule has 0 bridgehead atoms. The second kappa shape index (κ2) is 5.75. The molecular formula is C14H13ClN2O2S. The second-order valence-electron chi connectivity index (χ2n) is 4.33. The van der Waals surface area contributed by atoms with Crippen molar-refractivity contribution in [3.8, 4) is 0 Å². The molecule has 20 heavy (non-hydrogen) atoms. The SMILES string of the molecule is Cc1ccc(S(N)(=O)=O)c(N=Cc2ccc(Cl)cc2)c1. The zero-order valence-electron chi connectivity index (χ0n) is 10.7. The van der Waals surface area contributed by atoms with E-state index in [-0.39, 0.29) is 4.90 Å². The average Bonchev–Trinajstić information content (AvgIpc) is 2.36. The fourth-order valence-corrected chi connectivity index (χ4v) is 2.45. The van der Waals surface area contributed by atoms with Crippen molar-refractivity contribution in [3.63, 3.8) is 0 Å². The van der Waals surface area contributed by atoms with E-state index in [4.69, 9.17) is 16.7 Å². The van der Waals surface area contributed by atoms with Crippen LogP contribution in [0.1, 0.15) is 11.1 Å². The van der Waals surface area contributed by atoms with E-state index < -0.39 is 10.0 Å². The van der Waals surface area contributed by atoms with Crippen LogP contribution in [0.2, 0.25) is 5.02 Å². The summed E-state index contributed by atoms with van der Waals surface area (Å²) in [4.78, 5) is 4.21. The Labute approximate surface area is 123 Å². The number of nitrogens with zero attached hydrogens (tertiary/aromatic N) is 1. The predicted molar refractivity (Wildman–Crippen MR) is 81.3 cm³/mol. The van der Waals surface area contributed by atoms with Crippen molar-refractivity contribution in [2.45, 2.75) is 11.8 Å². The molecule has 0 heterocycles. The minimum atomic E-state index is -3.80. The van der Waals surface area contributed by atoms with Crippen LogP contribution in [0.15, 0.2) is 52.4 Å². The van der Waals surface area contributed by atoms with Crippen molar-refractivity contribution >= 4 is 33.5 Å². The maximum absolute atomic E-state index is 11.5. The Morgan fingerprint density at radius 1 is 1.15 bits per heavy atom. The number of sulfonamides is 1. The van der Waals surface area contributed by atoms with Gasteiger partial charge in [-0.1, -0.05) is 29.8 Å². The Kier molecular flexibility index (Phi) is 4.23. The molecule has 0 spiro atoms. The molecule has 0 unspecified atom stereocenters. The maximum atomic E-state index is 11.5. The number of hydrogen-bond donors (Lipinski definition) is 1. The van der Waals surface area contributed by atoms with Crippen LogP contribution in [0.4, 0.5) is 5.69 Å². The lowest BCUT2D eigenvalue weighted by atomic mass is 10.2. The Bertz CT molecular complexity index is 753. The third-order valence-corrected chi connectivity index (χ3v) is 3.85. The summed E-state index contributed by atoms with van der Waals surface area (Å²) in [5, 5.41) is 5.81. The highest BCUT2D eigenvalue weighted by molar-refractivity contribution is 7.89. The van der Waals surface area contributed by atoms with Gasteiger partial charge in [0, 0.05) is 11.2 Å². The zero-order chi connectivity index (χ0) is 14.8. The van der Waals surface area contributed by atoms with Gasteiger partial charge in [0.05, 0.1) is 5.69 Å². The number of nitrogens with two attached hydrogens (primary N) is 1. The van der Waals surface area contributed by atoms with E-state index in [0.29, 0.717) is 10.7 Å². The van der Waals surface area contributed by atoms with Gasteiger partial charge in [0.15, 0.2) is 0 Å². The van der Waals surface area contributed by atoms with Crippen molar-refractivity contribution in [3.05, 3.63) is 58.6 Å². The zero-order valence-corrected chi connectivity index (χ0v) is 12.3. The first-order valence-electron chi connectivity index (χ1n) is 5.79. The van der Waals surface area contributed by atoms with Crippen molar-refractivity contribution < 1.29 is 8.42 Å². The first-order chi connectivity index (χ1) is 9.36. The summed E-state index contributed by atoms with van der Waals surface area (Å²) < 4.78 is 23.0. The first-order valence-corrected chi connectivity index (χ1v) is 7.72. The van der Waals surface area contributed by atoms with Gasteiger partial charge in [-0.25, -0.2) is 13.6 Å². The maximum Gasteiger partial charge on any atom is 0.240 e. The summed E-state index contributed by atoms with van der Waals surface area (Å²) in [7, 11) is -3.80. The lowest BCUT2D eigenvalue weighted by Gasteiger charge is -2.04. The van der Waals surface area contributed by atoms with Crippen LogP contribution in [-0.4, -0.2) is 14.6 Å². The molecule has 0 aliphatic rings. The molecule has 0 saturated heterocycles. The fourth-order valence-electron chi connectivity index (χ4n) is 1.66. The molecule has 0 radical (unpaired) electrons. The third kappa shape index (κ3) is 3.66. The van der Waals surface area contributed by atoms with Gasteiger partial charge >= 0.3 is 0 Å². The number of hydrogen-bond acceptors (Lipinski definition) is 3. The molecule has 0 saturated carbocycles. The Morgan fingerprint density at radius 3 is 2.40 bits per heavy atom. The lowest BCUT2D eigenvalue weighted by molar-refractivity contribution is 0.598. The van der Waals surface area contributed by atoms with Crippen LogP contribution in [0.5, 0.6) is 0 Å². The number of aryl methyl sites for hydroxylation is 1. The molecule has 2 rings (SSSR count). The summed E-state index contributed by atoms with van der Waals surface area (Å²) in [5.41, 5.74) is 2.04. The van der Waals surface area contributed by atoms with E-state index in [9.17, 15) is 8.42 Å². The van der Waals surface area contributed by atoms with E-state index >= 15 is 0 Å². The highest BCUT2D eigenvalue weighted by atomic mass is 35.5. The van der Waals surface area contributed by atoms with Gasteiger partial charge in [-0.05, 0) is 42.3 Å². The van der Waals surface area contributed by atoms with Gasteiger partial charge in [-0.2, -0.15) is 0 Å². The van der Waals surface area contributed by atoms with E-state index in [2.05, 4.69) is 4.99 Å². The van der Waals surface area contributed by atoms with Gasteiger partial charge < -0.3 is 0 Å². The van der Waals surface area contributed by atoms with Crippen molar-refractivity contribution in [2.75, 3.05) is 0 Å². The van der Waals surface area contributed by atoms with Crippen LogP contribution in [0.3, 0.4) is 0 Å². The number of aliphatic imine (C=N–C) groups is 1. The summed E-state index contributed by atoms with van der Waals surface area (Å²) in [6, 6.07) is 11.9. The normalized spacial score (nSPS) is 11.9. The minimum Gasteiger partial charge on any atom is -0.255 e. The molecule has 0 aliphatic carbocycles. The summed E-state index contributed by atoms with van der Waals surface area (Å²) in [5.74, 6) is 0. The highest BCUT2D eigenvalue weighted by Gasteiger charge is 2.13. The molecule has 2 N–H and O–H groups in total. The summed E-state index contributed by atoms with van der Waals surface area (Å²) in [6.45, 7) is 1.86. The van der Waals surface area contributed by atoms with Crippen LogP contribution in [-0.2, 0) is 10.0 Å². The molecular weight excluding hydrogens is 296 g/mol. The van der Waals surface area contributed by atoms with E-state index in [1.54, 1.807) is 42.6 Å². The first kappa shape index (κ1) is 14.7. The minimum absolute atomic E-state index is 0.00770. The van der Waals surface area contributed by atoms with Gasteiger partial charge in [0.25, 0.3) is 0 Å². The molecule has 0 amide bonds. The average molecular weight is 309 g/mol. The van der Waals surface area contributed by atoms with E-state index in [1.807, 2.05) is 6.92 Å². The van der Waals surface area contributed by atoms with Gasteiger partial charge in [0.2, 0.25) is 10.0 Å². The Hall–Kier alpha value is -1.69. The number of primary sulfonamides is 1. The van der Waals surface area contributed by atoms with E-state index in [1.165, 1.54) is 6.07 Å². The molecule has 0 aliphatic heterocycles. The molecule has 2 aromatic rings. The molecule has 4 nitrogen and oxygen atoms in total. The van der Waals surface area contributed by atoms with E-state index in [0.717, 1.165) is 11.1 Å². The van der Waals surface area contributed by atoms with Crippen LogP contribution in [0, 0.1) is 6.92 Å². The number of rotatable bonds is 3. The van der Waals surface area contributed by atoms with Crippen LogP contribution >= 0.6 is 11.6 Å². The Balaban J connectivity index is 2.42. The standard InChI is InChI=1S/C14H13ClN2O2S/c1-10-2-7-14(20(16,18)19)13(8-10)17-9-11-3-5-12(15)6-4-11/h2-9H,1H3,(H2,16,18,19). The second-order valence-corrected chi connectivity index (χ2v) is 6.29. The molecule has 0 fully saturated rings. The number of halogens is 1. The highest BCUT2D eigenvalue weighted by Crippen LogP contribution is 2.24.